The van der Waals surface area contributed by atoms with Gasteiger partial charge in [-0.15, -0.1) is 11.3 Å². The lowest BCUT2D eigenvalue weighted by Gasteiger charge is -2.06. The fourth-order valence-electron chi connectivity index (χ4n) is 2.24. The van der Waals surface area contributed by atoms with Gasteiger partial charge >= 0.3 is 0 Å². The zero-order valence-corrected chi connectivity index (χ0v) is 16.3. The van der Waals surface area contributed by atoms with Crippen LogP contribution in [-0.4, -0.2) is 5.78 Å². The molecule has 0 spiro atoms. The Bertz CT molecular complexity index is 940. The molecule has 0 radical (unpaired) electrons. The molecule has 0 aliphatic carbocycles. The lowest BCUT2D eigenvalue weighted by molar-refractivity contribution is 0.105. The molecule has 134 valence electrons. The van der Waals surface area contributed by atoms with Gasteiger partial charge in [0.05, 0.1) is 9.90 Å². The summed E-state index contributed by atoms with van der Waals surface area (Å²) in [7, 11) is 0. The number of benzene rings is 1. The minimum Gasteiger partial charge on any atom is -0.484 e. The molecule has 3 rings (SSSR count). The van der Waals surface area contributed by atoms with Crippen LogP contribution in [0.4, 0.5) is 0 Å². The summed E-state index contributed by atoms with van der Waals surface area (Å²) >= 11 is 13.5. The highest BCUT2D eigenvalue weighted by Crippen LogP contribution is 2.28. The van der Waals surface area contributed by atoms with Gasteiger partial charge in [-0.2, -0.15) is 0 Å². The van der Waals surface area contributed by atoms with E-state index >= 15 is 0 Å². The first-order chi connectivity index (χ1) is 12.5. The Morgan fingerprint density at radius 2 is 2.04 bits per heavy atom. The highest BCUT2D eigenvalue weighted by atomic mass is 35.5. The molecule has 0 fully saturated rings. The topological polar surface area (TPSA) is 39.4 Å². The van der Waals surface area contributed by atoms with Crippen molar-refractivity contribution >= 4 is 46.4 Å². The highest BCUT2D eigenvalue weighted by molar-refractivity contribution is 7.14. The van der Waals surface area contributed by atoms with Gasteiger partial charge in [0, 0.05) is 16.0 Å². The van der Waals surface area contributed by atoms with E-state index < -0.39 is 0 Å². The number of ketones is 1. The van der Waals surface area contributed by atoms with Crippen LogP contribution in [0.2, 0.25) is 10.0 Å². The van der Waals surface area contributed by atoms with Crippen molar-refractivity contribution in [2.45, 2.75) is 20.0 Å². The first kappa shape index (κ1) is 18.8. The van der Waals surface area contributed by atoms with Gasteiger partial charge < -0.3 is 9.15 Å². The fraction of sp³-hybridized carbons (Fsp3) is 0.150. The lowest BCUT2D eigenvalue weighted by Crippen LogP contribution is -1.94. The van der Waals surface area contributed by atoms with E-state index in [1.807, 2.05) is 12.1 Å². The minimum absolute atomic E-state index is 0.0328. The molecule has 0 aliphatic heterocycles. The molecular formula is C20H16Cl2O3S. The van der Waals surface area contributed by atoms with Crippen LogP contribution in [0.15, 0.2) is 53.0 Å². The van der Waals surface area contributed by atoms with Crippen molar-refractivity contribution in [2.75, 3.05) is 0 Å². The van der Waals surface area contributed by atoms with E-state index in [9.17, 15) is 4.79 Å². The van der Waals surface area contributed by atoms with Crippen LogP contribution in [0.1, 0.15) is 33.0 Å². The van der Waals surface area contributed by atoms with Crippen molar-refractivity contribution < 1.29 is 13.9 Å². The standard InChI is InChI=1S/C20H16Cl2O3S/c1-2-16-7-10-20(26-16)18(23)9-6-14-4-5-15(25-14)12-24-19-11-13(21)3-8-17(19)22/h3-11H,2,12H2,1H3/b9-6+. The average molecular weight is 407 g/mol. The van der Waals surface area contributed by atoms with E-state index in [0.717, 1.165) is 11.3 Å². The number of aryl methyl sites for hydroxylation is 1. The summed E-state index contributed by atoms with van der Waals surface area (Å²) in [5, 5.41) is 1.03. The predicted molar refractivity (Wildman–Crippen MR) is 107 cm³/mol. The molecule has 6 heteroatoms. The fourth-order valence-corrected chi connectivity index (χ4v) is 3.44. The van der Waals surface area contributed by atoms with Crippen molar-refractivity contribution in [3.63, 3.8) is 0 Å². The zero-order chi connectivity index (χ0) is 18.5. The van der Waals surface area contributed by atoms with Crippen LogP contribution >= 0.6 is 34.5 Å². The first-order valence-electron chi connectivity index (χ1n) is 8.03. The summed E-state index contributed by atoms with van der Waals surface area (Å²) in [5.41, 5.74) is 0. The van der Waals surface area contributed by atoms with Crippen LogP contribution in [0.5, 0.6) is 5.75 Å². The molecule has 0 saturated carbocycles. The molecule has 2 heterocycles. The molecular weight excluding hydrogens is 391 g/mol. The number of ether oxygens (including phenoxy) is 1. The van der Waals surface area contributed by atoms with Crippen LogP contribution in [-0.2, 0) is 13.0 Å². The van der Waals surface area contributed by atoms with Crippen molar-refractivity contribution in [3.05, 3.63) is 79.9 Å². The van der Waals surface area contributed by atoms with Gasteiger partial charge in [0.25, 0.3) is 0 Å². The summed E-state index contributed by atoms with van der Waals surface area (Å²) in [6.07, 6.45) is 4.10. The Hall–Kier alpha value is -2.01. The van der Waals surface area contributed by atoms with Crippen LogP contribution < -0.4 is 4.74 Å². The molecule has 1 aromatic carbocycles. The SMILES string of the molecule is CCc1ccc(C(=O)/C=C/c2ccc(COc3cc(Cl)ccc3Cl)o2)s1. The number of thiophene rings is 1. The maximum Gasteiger partial charge on any atom is 0.195 e. The third kappa shape index (κ3) is 4.79. The lowest BCUT2D eigenvalue weighted by atomic mass is 10.2. The third-order valence-electron chi connectivity index (χ3n) is 3.60. The van der Waals surface area contributed by atoms with E-state index in [1.54, 1.807) is 36.4 Å². The largest absolute Gasteiger partial charge is 0.484 e. The van der Waals surface area contributed by atoms with E-state index in [-0.39, 0.29) is 12.4 Å². The Labute approximate surface area is 165 Å². The van der Waals surface area contributed by atoms with E-state index in [4.69, 9.17) is 32.4 Å². The number of hydrogen-bond donors (Lipinski definition) is 0. The molecule has 0 bridgehead atoms. The second-order valence-electron chi connectivity index (χ2n) is 5.48. The number of furan rings is 1. The van der Waals surface area contributed by atoms with Gasteiger partial charge in [0.1, 0.15) is 23.9 Å². The predicted octanol–water partition coefficient (Wildman–Crippen LogP) is 6.69. The molecule has 2 aromatic heterocycles. The Kier molecular flexibility index (Phi) is 6.20. The van der Waals surface area contributed by atoms with Crippen molar-refractivity contribution in [3.8, 4) is 5.75 Å². The molecule has 0 amide bonds. The Balaban J connectivity index is 1.60. The van der Waals surface area contributed by atoms with Crippen molar-refractivity contribution in [1.82, 2.24) is 0 Å². The van der Waals surface area contributed by atoms with Crippen molar-refractivity contribution in [1.29, 1.82) is 0 Å². The van der Waals surface area contributed by atoms with Gasteiger partial charge in [-0.25, -0.2) is 0 Å². The van der Waals surface area contributed by atoms with Gasteiger partial charge in [0.2, 0.25) is 0 Å². The maximum absolute atomic E-state index is 12.2. The maximum atomic E-state index is 12.2. The van der Waals surface area contributed by atoms with E-state index in [2.05, 4.69) is 6.92 Å². The second kappa shape index (κ2) is 8.58. The molecule has 3 aromatic rings. The normalized spacial score (nSPS) is 11.2. The summed E-state index contributed by atoms with van der Waals surface area (Å²) in [4.78, 5) is 14.1. The minimum atomic E-state index is -0.0328. The average Bonchev–Trinajstić information content (AvgIpc) is 3.29. The Morgan fingerprint density at radius 1 is 1.19 bits per heavy atom. The molecule has 0 atom stereocenters. The number of carbonyl (C=O) groups is 1. The number of allylic oxidation sites excluding steroid dienone is 1. The van der Waals surface area contributed by atoms with Crippen LogP contribution in [0.3, 0.4) is 0 Å². The zero-order valence-electron chi connectivity index (χ0n) is 14.0. The number of carbonyl (C=O) groups excluding carboxylic acids is 1. The molecule has 0 aliphatic rings. The number of rotatable bonds is 7. The molecule has 0 saturated heterocycles. The number of halogens is 2. The van der Waals surface area contributed by atoms with E-state index in [0.29, 0.717) is 27.3 Å². The van der Waals surface area contributed by atoms with Gasteiger partial charge in [-0.3, -0.25) is 4.79 Å². The van der Waals surface area contributed by atoms with Crippen LogP contribution in [0, 0.1) is 0 Å². The molecule has 3 nitrogen and oxygen atoms in total. The monoisotopic (exact) mass is 406 g/mol. The van der Waals surface area contributed by atoms with Gasteiger partial charge in [-0.05, 0) is 55.0 Å². The molecule has 0 unspecified atom stereocenters. The smallest absolute Gasteiger partial charge is 0.195 e. The summed E-state index contributed by atoms with van der Waals surface area (Å²) < 4.78 is 11.3. The molecule has 26 heavy (non-hydrogen) atoms. The van der Waals surface area contributed by atoms with Crippen LogP contribution in [0.25, 0.3) is 6.08 Å². The van der Waals surface area contributed by atoms with Gasteiger partial charge in [-0.1, -0.05) is 30.1 Å². The first-order valence-corrected chi connectivity index (χ1v) is 9.60. The number of hydrogen-bond acceptors (Lipinski definition) is 4. The van der Waals surface area contributed by atoms with E-state index in [1.165, 1.54) is 22.3 Å². The summed E-state index contributed by atoms with van der Waals surface area (Å²) in [6.45, 7) is 2.28. The summed E-state index contributed by atoms with van der Waals surface area (Å²) in [6, 6.07) is 12.4. The highest BCUT2D eigenvalue weighted by Gasteiger charge is 2.07. The Morgan fingerprint density at radius 3 is 2.81 bits per heavy atom. The second-order valence-corrected chi connectivity index (χ2v) is 7.50. The van der Waals surface area contributed by atoms with Gasteiger partial charge in [0.15, 0.2) is 5.78 Å². The quantitative estimate of drug-likeness (QED) is 0.324. The summed E-state index contributed by atoms with van der Waals surface area (Å²) in [5.74, 6) is 1.67. The van der Waals surface area contributed by atoms with Crippen molar-refractivity contribution in [2.24, 2.45) is 0 Å². The molecule has 0 N–H and O–H groups in total. The third-order valence-corrected chi connectivity index (χ3v) is 5.39.